The van der Waals surface area contributed by atoms with Crippen LogP contribution in [0.1, 0.15) is 22.8 Å². The van der Waals surface area contributed by atoms with Gasteiger partial charge in [0.25, 0.3) is 5.91 Å². The summed E-state index contributed by atoms with van der Waals surface area (Å²) in [6.07, 6.45) is 0.784. The predicted octanol–water partition coefficient (Wildman–Crippen LogP) is 1.23. The van der Waals surface area contributed by atoms with Crippen molar-refractivity contribution >= 4 is 17.5 Å². The smallest absolute Gasteiger partial charge is 0.277 e. The van der Waals surface area contributed by atoms with Crippen molar-refractivity contribution in [3.05, 3.63) is 29.3 Å². The van der Waals surface area contributed by atoms with E-state index in [1.807, 2.05) is 12.1 Å². The summed E-state index contributed by atoms with van der Waals surface area (Å²) in [6, 6.07) is 5.37. The maximum absolute atomic E-state index is 11.9. The van der Waals surface area contributed by atoms with Gasteiger partial charge in [0.1, 0.15) is 0 Å². The predicted molar refractivity (Wildman–Crippen MR) is 67.3 cm³/mol. The number of fused-ring (bicyclic) bond motifs is 1. The lowest BCUT2D eigenvalue weighted by Crippen LogP contribution is -2.26. The Labute approximate surface area is 106 Å². The zero-order valence-electron chi connectivity index (χ0n) is 10.8. The molecule has 2 amide bonds. The third-order valence-corrected chi connectivity index (χ3v) is 3.16. The van der Waals surface area contributed by atoms with Crippen LogP contribution in [-0.2, 0) is 16.1 Å². The van der Waals surface area contributed by atoms with E-state index in [4.69, 9.17) is 4.84 Å². The molecule has 96 valence electrons. The van der Waals surface area contributed by atoms with Gasteiger partial charge in [-0.2, -0.15) is 0 Å². The molecule has 0 spiro atoms. The van der Waals surface area contributed by atoms with E-state index in [9.17, 15) is 9.59 Å². The van der Waals surface area contributed by atoms with E-state index in [0.717, 1.165) is 17.7 Å². The topological polar surface area (TPSA) is 49.9 Å². The number of benzene rings is 1. The zero-order chi connectivity index (χ0) is 13.3. The average molecular weight is 248 g/mol. The van der Waals surface area contributed by atoms with Crippen molar-refractivity contribution in [1.82, 2.24) is 5.06 Å². The lowest BCUT2D eigenvalue weighted by Gasteiger charge is -2.16. The van der Waals surface area contributed by atoms with E-state index in [1.54, 1.807) is 24.9 Å². The molecule has 0 unspecified atom stereocenters. The Kier molecular flexibility index (Phi) is 3.34. The Morgan fingerprint density at radius 1 is 1.39 bits per heavy atom. The highest BCUT2D eigenvalue weighted by Crippen LogP contribution is 2.29. The zero-order valence-corrected chi connectivity index (χ0v) is 10.8. The van der Waals surface area contributed by atoms with Crippen molar-refractivity contribution in [3.8, 4) is 0 Å². The lowest BCUT2D eigenvalue weighted by atomic mass is 10.1. The Bertz CT molecular complexity index is 499. The second-order valence-electron chi connectivity index (χ2n) is 4.25. The van der Waals surface area contributed by atoms with Crippen molar-refractivity contribution in [3.63, 3.8) is 0 Å². The Hall–Kier alpha value is -1.88. The van der Waals surface area contributed by atoms with Crippen LogP contribution in [0, 0.1) is 0 Å². The van der Waals surface area contributed by atoms with Gasteiger partial charge in [0, 0.05) is 31.8 Å². The molecule has 5 nitrogen and oxygen atoms in total. The first-order chi connectivity index (χ1) is 8.54. The maximum atomic E-state index is 11.9. The fourth-order valence-corrected chi connectivity index (χ4v) is 2.13. The normalized spacial score (nSPS) is 13.4. The van der Waals surface area contributed by atoms with Gasteiger partial charge in [-0.1, -0.05) is 0 Å². The summed E-state index contributed by atoms with van der Waals surface area (Å²) in [5.41, 5.74) is 2.50. The van der Waals surface area contributed by atoms with Crippen LogP contribution in [-0.4, -0.2) is 37.6 Å². The minimum Gasteiger partial charge on any atom is -0.312 e. The van der Waals surface area contributed by atoms with Gasteiger partial charge in [-0.3, -0.25) is 14.4 Å². The first-order valence-electron chi connectivity index (χ1n) is 5.77. The van der Waals surface area contributed by atoms with Crippen molar-refractivity contribution in [2.24, 2.45) is 0 Å². The molecular formula is C13H16N2O3. The van der Waals surface area contributed by atoms with E-state index in [-0.39, 0.29) is 11.8 Å². The first-order valence-corrected chi connectivity index (χ1v) is 5.77. The molecule has 1 aromatic carbocycles. The molecule has 0 radical (unpaired) electrons. The fourth-order valence-electron chi connectivity index (χ4n) is 2.13. The number of hydrogen-bond donors (Lipinski definition) is 0. The maximum Gasteiger partial charge on any atom is 0.277 e. The number of amides is 2. The molecule has 1 heterocycles. The number of carbonyl (C=O) groups is 2. The number of nitrogens with zero attached hydrogens (tertiary/aromatic N) is 2. The molecule has 0 aliphatic carbocycles. The van der Waals surface area contributed by atoms with Crippen molar-refractivity contribution in [1.29, 1.82) is 0 Å². The second-order valence-corrected chi connectivity index (χ2v) is 4.25. The summed E-state index contributed by atoms with van der Waals surface area (Å²) in [7, 11) is 3.01. The van der Waals surface area contributed by atoms with Gasteiger partial charge in [0.05, 0.1) is 7.11 Å². The highest BCUT2D eigenvalue weighted by Gasteiger charge is 2.23. The van der Waals surface area contributed by atoms with E-state index < -0.39 is 0 Å². The third kappa shape index (κ3) is 2.09. The van der Waals surface area contributed by atoms with Crippen LogP contribution in [0.3, 0.4) is 0 Å². The Morgan fingerprint density at radius 3 is 2.72 bits per heavy atom. The van der Waals surface area contributed by atoms with Gasteiger partial charge >= 0.3 is 0 Å². The summed E-state index contributed by atoms with van der Waals surface area (Å²) in [6.45, 7) is 2.23. The Balaban J connectivity index is 2.30. The largest absolute Gasteiger partial charge is 0.312 e. The van der Waals surface area contributed by atoms with E-state index in [1.165, 1.54) is 12.2 Å². The fraction of sp³-hybridized carbons (Fsp3) is 0.385. The summed E-state index contributed by atoms with van der Waals surface area (Å²) < 4.78 is 0. The van der Waals surface area contributed by atoms with Gasteiger partial charge in [0.2, 0.25) is 5.91 Å². The monoisotopic (exact) mass is 248 g/mol. The van der Waals surface area contributed by atoms with Gasteiger partial charge in [0.15, 0.2) is 0 Å². The van der Waals surface area contributed by atoms with Crippen LogP contribution in [0.5, 0.6) is 0 Å². The minimum atomic E-state index is -0.193. The molecule has 0 atom stereocenters. The highest BCUT2D eigenvalue weighted by atomic mass is 16.7. The van der Waals surface area contributed by atoms with Crippen molar-refractivity contribution < 1.29 is 14.4 Å². The summed E-state index contributed by atoms with van der Waals surface area (Å²) in [4.78, 5) is 29.9. The molecule has 0 bridgehead atoms. The summed E-state index contributed by atoms with van der Waals surface area (Å²) in [5.74, 6) is -0.164. The summed E-state index contributed by atoms with van der Waals surface area (Å²) >= 11 is 0. The van der Waals surface area contributed by atoms with E-state index in [0.29, 0.717) is 12.1 Å². The second kappa shape index (κ2) is 4.78. The Morgan fingerprint density at radius 2 is 2.11 bits per heavy atom. The van der Waals surface area contributed by atoms with Crippen LogP contribution in [0.2, 0.25) is 0 Å². The molecule has 1 aliphatic rings. The molecular weight excluding hydrogens is 232 g/mol. The van der Waals surface area contributed by atoms with E-state index in [2.05, 4.69) is 0 Å². The molecule has 0 fully saturated rings. The first kappa shape index (κ1) is 12.6. The van der Waals surface area contributed by atoms with Crippen LogP contribution in [0.4, 0.5) is 5.69 Å². The van der Waals surface area contributed by atoms with Gasteiger partial charge in [-0.15, -0.1) is 0 Å². The molecule has 2 rings (SSSR count). The quantitative estimate of drug-likeness (QED) is 0.740. The number of rotatable bonds is 2. The molecule has 0 N–H and O–H groups in total. The molecule has 18 heavy (non-hydrogen) atoms. The number of carbonyl (C=O) groups excluding carboxylic acids is 2. The molecule has 1 aromatic rings. The molecule has 5 heteroatoms. The van der Waals surface area contributed by atoms with Crippen LogP contribution >= 0.6 is 0 Å². The SMILES string of the molecule is CON(C)C(=O)c1ccc2c(c1)CCN2C(C)=O. The van der Waals surface area contributed by atoms with Crippen LogP contribution in [0.15, 0.2) is 18.2 Å². The third-order valence-electron chi connectivity index (χ3n) is 3.16. The number of hydrogen-bond acceptors (Lipinski definition) is 3. The van der Waals surface area contributed by atoms with E-state index >= 15 is 0 Å². The van der Waals surface area contributed by atoms with Crippen molar-refractivity contribution in [2.75, 3.05) is 25.6 Å². The van der Waals surface area contributed by atoms with Gasteiger partial charge < -0.3 is 4.90 Å². The van der Waals surface area contributed by atoms with Crippen molar-refractivity contribution in [2.45, 2.75) is 13.3 Å². The standard InChI is InChI=1S/C13H16N2O3/c1-9(16)15-7-6-10-8-11(4-5-12(10)15)13(17)14(2)18-3/h4-5,8H,6-7H2,1-3H3. The summed E-state index contributed by atoms with van der Waals surface area (Å²) in [5, 5.41) is 1.18. The minimum absolute atomic E-state index is 0.0295. The molecule has 1 aliphatic heterocycles. The average Bonchev–Trinajstić information content (AvgIpc) is 2.79. The highest BCUT2D eigenvalue weighted by molar-refractivity contribution is 5.97. The molecule has 0 saturated carbocycles. The van der Waals surface area contributed by atoms with Gasteiger partial charge in [-0.05, 0) is 30.2 Å². The lowest BCUT2D eigenvalue weighted by molar-refractivity contribution is -0.116. The number of hydroxylamine groups is 2. The van der Waals surface area contributed by atoms with Crippen LogP contribution in [0.25, 0.3) is 0 Å². The molecule has 0 saturated heterocycles. The molecule has 0 aromatic heterocycles. The van der Waals surface area contributed by atoms with Crippen LogP contribution < -0.4 is 4.90 Å². The van der Waals surface area contributed by atoms with Gasteiger partial charge in [-0.25, -0.2) is 5.06 Å². The number of anilines is 1.